The van der Waals surface area contributed by atoms with Crippen molar-refractivity contribution in [2.24, 2.45) is 0 Å². The Morgan fingerprint density at radius 2 is 1.96 bits per heavy atom. The Balaban J connectivity index is 1.81. The third kappa shape index (κ3) is 3.80. The van der Waals surface area contributed by atoms with Gasteiger partial charge < -0.3 is 4.90 Å². The number of amides is 1. The molecule has 2 aromatic rings. The highest BCUT2D eigenvalue weighted by molar-refractivity contribution is 7.93. The maximum Gasteiger partial charge on any atom is 0.253 e. The normalized spacial score (nSPS) is 16.0. The van der Waals surface area contributed by atoms with Crippen LogP contribution in [-0.4, -0.2) is 38.6 Å². The van der Waals surface area contributed by atoms with E-state index in [-0.39, 0.29) is 11.7 Å². The quantitative estimate of drug-likeness (QED) is 0.821. The molecule has 0 saturated carbocycles. The number of hydrogen-bond acceptors (Lipinski definition) is 3. The molecule has 0 bridgehead atoms. The number of anilines is 1. The molecule has 1 amide bonds. The number of rotatable bonds is 4. The van der Waals surface area contributed by atoms with Gasteiger partial charge in [-0.15, -0.1) is 0 Å². The third-order valence-corrected chi connectivity index (χ3v) is 6.43. The molecule has 7 heteroatoms. The Hall–Kier alpha value is -2.05. The largest absolute Gasteiger partial charge is 0.337 e. The van der Waals surface area contributed by atoms with Crippen LogP contribution in [0.3, 0.4) is 0 Å². The predicted molar refractivity (Wildman–Crippen MR) is 99.4 cm³/mol. The summed E-state index contributed by atoms with van der Waals surface area (Å²) in [4.78, 5) is 14.3. The second kappa shape index (κ2) is 7.06. The van der Waals surface area contributed by atoms with Crippen LogP contribution in [0.4, 0.5) is 5.69 Å². The van der Waals surface area contributed by atoms with Crippen LogP contribution < -0.4 is 4.31 Å². The van der Waals surface area contributed by atoms with Gasteiger partial charge in [0.15, 0.2) is 0 Å². The minimum atomic E-state index is -3.27. The van der Waals surface area contributed by atoms with Gasteiger partial charge in [-0.25, -0.2) is 8.42 Å². The molecule has 1 saturated heterocycles. The van der Waals surface area contributed by atoms with E-state index < -0.39 is 10.0 Å². The van der Waals surface area contributed by atoms with E-state index >= 15 is 0 Å². The molecule has 1 aliphatic heterocycles. The van der Waals surface area contributed by atoms with Crippen molar-refractivity contribution in [3.05, 3.63) is 64.7 Å². The fourth-order valence-electron chi connectivity index (χ4n) is 2.90. The summed E-state index contributed by atoms with van der Waals surface area (Å²) in [6.07, 6.45) is 0.604. The minimum absolute atomic E-state index is 0.150. The van der Waals surface area contributed by atoms with Gasteiger partial charge in [-0.05, 0) is 36.2 Å². The van der Waals surface area contributed by atoms with Crippen molar-refractivity contribution in [3.63, 3.8) is 0 Å². The van der Waals surface area contributed by atoms with Crippen molar-refractivity contribution in [2.75, 3.05) is 23.7 Å². The van der Waals surface area contributed by atoms with Gasteiger partial charge in [0.05, 0.1) is 11.4 Å². The zero-order valence-electron chi connectivity index (χ0n) is 13.9. The highest BCUT2D eigenvalue weighted by atomic mass is 35.5. The molecule has 1 fully saturated rings. The van der Waals surface area contributed by atoms with E-state index in [0.29, 0.717) is 35.8 Å². The number of nitrogens with zero attached hydrogens (tertiary/aromatic N) is 2. The average molecular weight is 379 g/mol. The van der Waals surface area contributed by atoms with E-state index in [1.54, 1.807) is 42.3 Å². The highest BCUT2D eigenvalue weighted by Gasteiger charge is 2.28. The number of benzene rings is 2. The molecule has 0 radical (unpaired) electrons. The first kappa shape index (κ1) is 17.8. The molecule has 0 spiro atoms. The van der Waals surface area contributed by atoms with E-state index in [9.17, 15) is 13.2 Å². The second-order valence-corrected chi connectivity index (χ2v) is 8.46. The fourth-order valence-corrected chi connectivity index (χ4v) is 4.65. The lowest BCUT2D eigenvalue weighted by Gasteiger charge is -2.20. The van der Waals surface area contributed by atoms with Gasteiger partial charge in [0, 0.05) is 30.7 Å². The molecule has 2 aromatic carbocycles. The number of halogens is 1. The summed E-state index contributed by atoms with van der Waals surface area (Å²) in [5.41, 5.74) is 1.85. The molecule has 132 valence electrons. The van der Waals surface area contributed by atoms with Gasteiger partial charge in [-0.2, -0.15) is 0 Å². The molecule has 3 rings (SSSR count). The Morgan fingerprint density at radius 1 is 1.20 bits per heavy atom. The molecular formula is C18H19ClN2O3S. The van der Waals surface area contributed by atoms with Crippen molar-refractivity contribution in [3.8, 4) is 0 Å². The summed E-state index contributed by atoms with van der Waals surface area (Å²) in [5, 5.41) is 0.610. The molecule has 5 nitrogen and oxygen atoms in total. The lowest BCUT2D eigenvalue weighted by molar-refractivity contribution is 0.0785. The SMILES string of the molecule is CN(Cc1ccccc1Cl)C(=O)c1cccc(N2CCCS2(=O)=O)c1. The highest BCUT2D eigenvalue weighted by Crippen LogP contribution is 2.25. The van der Waals surface area contributed by atoms with Crippen LogP contribution in [0.2, 0.25) is 5.02 Å². The van der Waals surface area contributed by atoms with Crippen LogP contribution >= 0.6 is 11.6 Å². The molecule has 1 aliphatic rings. The standard InChI is InChI=1S/C18H19ClN2O3S/c1-20(13-15-6-2-3-9-17(15)19)18(22)14-7-4-8-16(12-14)21-10-5-11-25(21,23)24/h2-4,6-9,12H,5,10-11,13H2,1H3. The van der Waals surface area contributed by atoms with Gasteiger partial charge >= 0.3 is 0 Å². The molecule has 0 N–H and O–H groups in total. The Morgan fingerprint density at radius 3 is 2.64 bits per heavy atom. The monoisotopic (exact) mass is 378 g/mol. The van der Waals surface area contributed by atoms with Crippen molar-refractivity contribution in [1.29, 1.82) is 0 Å². The lowest BCUT2D eigenvalue weighted by atomic mass is 10.1. The zero-order chi connectivity index (χ0) is 18.0. The van der Waals surface area contributed by atoms with Gasteiger partial charge in [0.25, 0.3) is 5.91 Å². The van der Waals surface area contributed by atoms with Crippen LogP contribution in [0.1, 0.15) is 22.3 Å². The van der Waals surface area contributed by atoms with Gasteiger partial charge in [-0.3, -0.25) is 9.10 Å². The van der Waals surface area contributed by atoms with Gasteiger partial charge in [0.2, 0.25) is 10.0 Å². The van der Waals surface area contributed by atoms with Crippen molar-refractivity contribution >= 4 is 33.2 Å². The Bertz CT molecular complexity index is 899. The van der Waals surface area contributed by atoms with Crippen LogP contribution in [0, 0.1) is 0 Å². The second-order valence-electron chi connectivity index (χ2n) is 6.04. The molecule has 0 aliphatic carbocycles. The van der Waals surface area contributed by atoms with Crippen LogP contribution in [0.25, 0.3) is 0 Å². The van der Waals surface area contributed by atoms with E-state index in [2.05, 4.69) is 0 Å². The Kier molecular flexibility index (Phi) is 5.01. The topological polar surface area (TPSA) is 57.7 Å². The van der Waals surface area contributed by atoms with Crippen LogP contribution in [-0.2, 0) is 16.6 Å². The smallest absolute Gasteiger partial charge is 0.253 e. The van der Waals surface area contributed by atoms with Crippen LogP contribution in [0.15, 0.2) is 48.5 Å². The average Bonchev–Trinajstić information content (AvgIpc) is 2.95. The third-order valence-electron chi connectivity index (χ3n) is 4.19. The Labute approximate surface area is 152 Å². The zero-order valence-corrected chi connectivity index (χ0v) is 15.4. The summed E-state index contributed by atoms with van der Waals surface area (Å²) in [7, 11) is -1.57. The maximum atomic E-state index is 12.7. The summed E-state index contributed by atoms with van der Waals surface area (Å²) in [5.74, 6) is -0.0317. The summed E-state index contributed by atoms with van der Waals surface area (Å²) in [6, 6.07) is 14.1. The summed E-state index contributed by atoms with van der Waals surface area (Å²) < 4.78 is 25.5. The minimum Gasteiger partial charge on any atom is -0.337 e. The molecule has 0 atom stereocenters. The van der Waals surface area contributed by atoms with Gasteiger partial charge in [-0.1, -0.05) is 35.9 Å². The summed E-state index contributed by atoms with van der Waals surface area (Å²) in [6.45, 7) is 0.834. The number of hydrogen-bond donors (Lipinski definition) is 0. The van der Waals surface area contributed by atoms with Crippen molar-refractivity contribution in [2.45, 2.75) is 13.0 Å². The number of sulfonamides is 1. The molecule has 0 unspecified atom stereocenters. The number of carbonyl (C=O) groups is 1. The van der Waals surface area contributed by atoms with E-state index in [0.717, 1.165) is 5.56 Å². The molecule has 0 aromatic heterocycles. The van der Waals surface area contributed by atoms with Crippen molar-refractivity contribution < 1.29 is 13.2 Å². The van der Waals surface area contributed by atoms with E-state index in [1.807, 2.05) is 18.2 Å². The predicted octanol–water partition coefficient (Wildman–Crippen LogP) is 3.15. The van der Waals surface area contributed by atoms with Gasteiger partial charge in [0.1, 0.15) is 0 Å². The van der Waals surface area contributed by atoms with Crippen molar-refractivity contribution in [1.82, 2.24) is 4.90 Å². The van der Waals surface area contributed by atoms with Crippen LogP contribution in [0.5, 0.6) is 0 Å². The first-order valence-electron chi connectivity index (χ1n) is 7.98. The fraction of sp³-hybridized carbons (Fsp3) is 0.278. The maximum absolute atomic E-state index is 12.7. The molecule has 1 heterocycles. The lowest BCUT2D eigenvalue weighted by Crippen LogP contribution is -2.28. The van der Waals surface area contributed by atoms with E-state index in [1.165, 1.54) is 4.31 Å². The number of carbonyl (C=O) groups excluding carboxylic acids is 1. The first-order valence-corrected chi connectivity index (χ1v) is 9.96. The molecular weight excluding hydrogens is 360 g/mol. The molecule has 25 heavy (non-hydrogen) atoms. The van der Waals surface area contributed by atoms with E-state index in [4.69, 9.17) is 11.6 Å². The first-order chi connectivity index (χ1) is 11.9. The summed E-state index contributed by atoms with van der Waals surface area (Å²) >= 11 is 6.15.